The highest BCUT2D eigenvalue weighted by molar-refractivity contribution is 9.10. The van der Waals surface area contributed by atoms with Gasteiger partial charge in [0.25, 0.3) is 0 Å². The van der Waals surface area contributed by atoms with Crippen LogP contribution in [0.15, 0.2) is 35.3 Å². The lowest BCUT2D eigenvalue weighted by molar-refractivity contribution is 0.412. The summed E-state index contributed by atoms with van der Waals surface area (Å²) in [7, 11) is 1.67. The summed E-state index contributed by atoms with van der Waals surface area (Å²) in [5, 5.41) is 3.43. The first-order valence-corrected chi connectivity index (χ1v) is 6.17. The summed E-state index contributed by atoms with van der Waals surface area (Å²) in [5.74, 6) is 0.848. The molecule has 16 heavy (non-hydrogen) atoms. The van der Waals surface area contributed by atoms with E-state index in [0.29, 0.717) is 6.04 Å². The average Bonchev–Trinajstić information content (AvgIpc) is 2.29. The second kappa shape index (κ2) is 6.59. The van der Waals surface area contributed by atoms with Crippen molar-refractivity contribution in [1.29, 1.82) is 0 Å². The van der Waals surface area contributed by atoms with E-state index in [-0.39, 0.29) is 0 Å². The molecule has 0 bridgehead atoms. The molecule has 0 radical (unpaired) electrons. The second-order valence-electron chi connectivity index (χ2n) is 3.76. The van der Waals surface area contributed by atoms with E-state index in [0.717, 1.165) is 28.8 Å². The molecule has 1 atom stereocenters. The Morgan fingerprint density at radius 2 is 2.31 bits per heavy atom. The molecular weight excluding hydrogens is 266 g/mol. The minimum Gasteiger partial charge on any atom is -0.495 e. The molecule has 1 aromatic carbocycles. The molecule has 0 saturated carbocycles. The van der Waals surface area contributed by atoms with E-state index in [1.54, 1.807) is 7.11 Å². The molecule has 3 heteroatoms. The van der Waals surface area contributed by atoms with Gasteiger partial charge >= 0.3 is 0 Å². The summed E-state index contributed by atoms with van der Waals surface area (Å²) < 4.78 is 6.22. The van der Waals surface area contributed by atoms with E-state index in [1.807, 2.05) is 24.3 Å². The Hall–Kier alpha value is -0.960. The SMILES string of the molecule is C=CCCC(C)Nc1ccc(Br)c(OC)c1. The summed E-state index contributed by atoms with van der Waals surface area (Å²) in [6.45, 7) is 5.89. The lowest BCUT2D eigenvalue weighted by Gasteiger charge is -2.15. The molecule has 0 fully saturated rings. The molecule has 1 N–H and O–H groups in total. The number of ether oxygens (including phenoxy) is 1. The quantitative estimate of drug-likeness (QED) is 0.789. The maximum absolute atomic E-state index is 5.25. The number of allylic oxidation sites excluding steroid dienone is 1. The second-order valence-corrected chi connectivity index (χ2v) is 4.62. The largest absolute Gasteiger partial charge is 0.495 e. The fraction of sp³-hybridized carbons (Fsp3) is 0.385. The lowest BCUT2D eigenvalue weighted by Crippen LogP contribution is -2.14. The van der Waals surface area contributed by atoms with Crippen LogP contribution in [0.3, 0.4) is 0 Å². The molecule has 1 rings (SSSR count). The van der Waals surface area contributed by atoms with Crippen molar-refractivity contribution in [3.63, 3.8) is 0 Å². The molecular formula is C13H18BrNO. The average molecular weight is 284 g/mol. The molecule has 0 spiro atoms. The number of hydrogen-bond donors (Lipinski definition) is 1. The molecule has 2 nitrogen and oxygen atoms in total. The molecule has 0 aromatic heterocycles. The predicted molar refractivity (Wildman–Crippen MR) is 73.2 cm³/mol. The molecule has 1 aromatic rings. The number of halogens is 1. The van der Waals surface area contributed by atoms with Crippen molar-refractivity contribution in [3.8, 4) is 5.75 Å². The van der Waals surface area contributed by atoms with Gasteiger partial charge in [-0.25, -0.2) is 0 Å². The van der Waals surface area contributed by atoms with Crippen LogP contribution in [0.2, 0.25) is 0 Å². The monoisotopic (exact) mass is 283 g/mol. The van der Waals surface area contributed by atoms with Gasteiger partial charge < -0.3 is 10.1 Å². The highest BCUT2D eigenvalue weighted by Gasteiger charge is 2.04. The topological polar surface area (TPSA) is 21.3 Å². The van der Waals surface area contributed by atoms with Gasteiger partial charge in [-0.1, -0.05) is 6.08 Å². The summed E-state index contributed by atoms with van der Waals surface area (Å²) in [6, 6.07) is 6.45. The molecule has 0 aliphatic carbocycles. The van der Waals surface area contributed by atoms with Crippen LogP contribution in [0.5, 0.6) is 5.75 Å². The lowest BCUT2D eigenvalue weighted by atomic mass is 10.1. The Bertz CT molecular complexity index is 352. The molecule has 0 saturated heterocycles. The van der Waals surface area contributed by atoms with Crippen LogP contribution in [0.25, 0.3) is 0 Å². The van der Waals surface area contributed by atoms with Gasteiger partial charge in [0.1, 0.15) is 5.75 Å². The van der Waals surface area contributed by atoms with Crippen LogP contribution in [0.1, 0.15) is 19.8 Å². The molecule has 0 aliphatic heterocycles. The number of hydrogen-bond acceptors (Lipinski definition) is 2. The van der Waals surface area contributed by atoms with Gasteiger partial charge in [-0.3, -0.25) is 0 Å². The zero-order valence-electron chi connectivity index (χ0n) is 9.79. The van der Waals surface area contributed by atoms with Crippen molar-refractivity contribution >= 4 is 21.6 Å². The zero-order chi connectivity index (χ0) is 12.0. The van der Waals surface area contributed by atoms with E-state index in [9.17, 15) is 0 Å². The van der Waals surface area contributed by atoms with Crippen LogP contribution in [0, 0.1) is 0 Å². The maximum atomic E-state index is 5.25. The minimum atomic E-state index is 0.434. The highest BCUT2D eigenvalue weighted by atomic mass is 79.9. The van der Waals surface area contributed by atoms with Crippen LogP contribution in [0.4, 0.5) is 5.69 Å². The third-order valence-corrected chi connectivity index (χ3v) is 3.02. The third-order valence-electron chi connectivity index (χ3n) is 2.37. The Morgan fingerprint density at radius 3 is 2.94 bits per heavy atom. The summed E-state index contributed by atoms with van der Waals surface area (Å²) in [5.41, 5.74) is 1.08. The van der Waals surface area contributed by atoms with Gasteiger partial charge in [0.2, 0.25) is 0 Å². The Morgan fingerprint density at radius 1 is 1.56 bits per heavy atom. The van der Waals surface area contributed by atoms with Crippen molar-refractivity contribution in [1.82, 2.24) is 0 Å². The van der Waals surface area contributed by atoms with E-state index in [1.165, 1.54) is 0 Å². The van der Waals surface area contributed by atoms with Crippen LogP contribution in [-0.2, 0) is 0 Å². The van der Waals surface area contributed by atoms with Gasteiger partial charge in [0.15, 0.2) is 0 Å². The van der Waals surface area contributed by atoms with Crippen LogP contribution < -0.4 is 10.1 Å². The predicted octanol–water partition coefficient (Wildman–Crippen LogP) is 4.22. The summed E-state index contributed by atoms with van der Waals surface area (Å²) in [6.07, 6.45) is 4.06. The van der Waals surface area contributed by atoms with Crippen molar-refractivity contribution in [2.24, 2.45) is 0 Å². The van der Waals surface area contributed by atoms with Gasteiger partial charge in [0.05, 0.1) is 11.6 Å². The molecule has 0 aliphatic rings. The van der Waals surface area contributed by atoms with Gasteiger partial charge in [-0.2, -0.15) is 0 Å². The smallest absolute Gasteiger partial charge is 0.135 e. The highest BCUT2D eigenvalue weighted by Crippen LogP contribution is 2.28. The van der Waals surface area contributed by atoms with E-state index < -0.39 is 0 Å². The third kappa shape index (κ3) is 3.89. The number of benzene rings is 1. The first-order valence-electron chi connectivity index (χ1n) is 5.38. The van der Waals surface area contributed by atoms with Crippen molar-refractivity contribution in [2.75, 3.05) is 12.4 Å². The van der Waals surface area contributed by atoms with E-state index >= 15 is 0 Å². The van der Waals surface area contributed by atoms with Crippen molar-refractivity contribution < 1.29 is 4.74 Å². The fourth-order valence-corrected chi connectivity index (χ4v) is 1.88. The standard InChI is InChI=1S/C13H18BrNO/c1-4-5-6-10(2)15-11-7-8-12(14)13(9-11)16-3/h4,7-10,15H,1,5-6H2,2-3H3. The first-order chi connectivity index (χ1) is 7.67. The number of anilines is 1. The van der Waals surface area contributed by atoms with Crippen molar-refractivity contribution in [2.45, 2.75) is 25.8 Å². The van der Waals surface area contributed by atoms with E-state index in [4.69, 9.17) is 4.74 Å². The number of methoxy groups -OCH3 is 1. The Labute approximate surface area is 106 Å². The minimum absolute atomic E-state index is 0.434. The number of nitrogens with one attached hydrogen (secondary N) is 1. The van der Waals surface area contributed by atoms with Crippen LogP contribution in [-0.4, -0.2) is 13.2 Å². The van der Waals surface area contributed by atoms with Crippen molar-refractivity contribution in [3.05, 3.63) is 35.3 Å². The van der Waals surface area contributed by atoms with Gasteiger partial charge in [-0.05, 0) is 47.8 Å². The summed E-state index contributed by atoms with van der Waals surface area (Å²) in [4.78, 5) is 0. The van der Waals surface area contributed by atoms with Gasteiger partial charge in [-0.15, -0.1) is 6.58 Å². The summed E-state index contributed by atoms with van der Waals surface area (Å²) >= 11 is 3.43. The fourth-order valence-electron chi connectivity index (χ4n) is 1.47. The molecule has 88 valence electrons. The molecule has 0 amide bonds. The van der Waals surface area contributed by atoms with Crippen LogP contribution >= 0.6 is 15.9 Å². The Balaban J connectivity index is 2.63. The molecule has 0 heterocycles. The molecule has 1 unspecified atom stereocenters. The normalized spacial score (nSPS) is 11.9. The number of rotatable bonds is 6. The zero-order valence-corrected chi connectivity index (χ0v) is 11.4. The first kappa shape index (κ1) is 13.1. The maximum Gasteiger partial charge on any atom is 0.135 e. The van der Waals surface area contributed by atoms with E-state index in [2.05, 4.69) is 34.7 Å². The Kier molecular flexibility index (Phi) is 5.39. The van der Waals surface area contributed by atoms with Gasteiger partial charge in [0, 0.05) is 17.8 Å².